The third-order valence-corrected chi connectivity index (χ3v) is 12.0. The summed E-state index contributed by atoms with van der Waals surface area (Å²) in [5.74, 6) is 0. The Balaban J connectivity index is 1.22. The summed E-state index contributed by atoms with van der Waals surface area (Å²) in [5, 5.41) is 11.4. The van der Waals surface area contributed by atoms with E-state index in [2.05, 4.69) is 183 Å². The molecule has 0 spiro atoms. The molecule has 0 amide bonds. The lowest BCUT2D eigenvalue weighted by Crippen LogP contribution is -2.14. The van der Waals surface area contributed by atoms with Crippen LogP contribution in [-0.2, 0) is 5.41 Å². The van der Waals surface area contributed by atoms with Crippen LogP contribution >= 0.6 is 0 Å². The van der Waals surface area contributed by atoms with E-state index in [9.17, 15) is 0 Å². The molecule has 0 bridgehead atoms. The highest BCUT2D eigenvalue weighted by atomic mass is 16.3. The Kier molecular flexibility index (Phi) is 5.84. The van der Waals surface area contributed by atoms with Gasteiger partial charge in [0.1, 0.15) is 16.7 Å². The van der Waals surface area contributed by atoms with Gasteiger partial charge in [-0.05, 0) is 80.7 Å². The third kappa shape index (κ3) is 3.91. The van der Waals surface area contributed by atoms with E-state index in [0.29, 0.717) is 0 Å². The molecule has 0 fully saturated rings. The quantitative estimate of drug-likeness (QED) is 0.185. The minimum absolute atomic E-state index is 0.174. The summed E-state index contributed by atoms with van der Waals surface area (Å²) in [6.45, 7) is 4.68. The summed E-state index contributed by atoms with van der Waals surface area (Å²) in [7, 11) is 0. The molecule has 2 heterocycles. The number of anilines is 3. The fourth-order valence-electron chi connectivity index (χ4n) is 9.42. The Bertz CT molecular complexity index is 3360. The first-order valence-electron chi connectivity index (χ1n) is 18.7. The maximum absolute atomic E-state index is 7.16. The van der Waals surface area contributed by atoms with Gasteiger partial charge in [0.15, 0.2) is 5.58 Å². The average molecular weight is 692 g/mol. The summed E-state index contributed by atoms with van der Waals surface area (Å²) >= 11 is 0. The van der Waals surface area contributed by atoms with E-state index in [1.807, 2.05) is 0 Å². The first kappa shape index (κ1) is 29.7. The van der Waals surface area contributed by atoms with Crippen LogP contribution in [-0.4, -0.2) is 0 Å². The van der Waals surface area contributed by atoms with E-state index >= 15 is 0 Å². The maximum atomic E-state index is 7.16. The van der Waals surface area contributed by atoms with Gasteiger partial charge in [0.25, 0.3) is 0 Å². The van der Waals surface area contributed by atoms with Crippen molar-refractivity contribution in [3.05, 3.63) is 175 Å². The second kappa shape index (κ2) is 10.6. The molecule has 2 aromatic heterocycles. The minimum atomic E-state index is -0.174. The molecule has 254 valence electrons. The van der Waals surface area contributed by atoms with Crippen molar-refractivity contribution in [1.29, 1.82) is 0 Å². The van der Waals surface area contributed by atoms with Gasteiger partial charge in [-0.25, -0.2) is 0 Å². The molecule has 0 aliphatic heterocycles. The molecule has 0 radical (unpaired) electrons. The number of para-hydroxylation sites is 2. The Morgan fingerprint density at radius 2 is 1.11 bits per heavy atom. The second-order valence-electron chi connectivity index (χ2n) is 15.2. The van der Waals surface area contributed by atoms with Crippen LogP contribution < -0.4 is 4.90 Å². The van der Waals surface area contributed by atoms with Gasteiger partial charge in [0.2, 0.25) is 0 Å². The number of hydrogen-bond donors (Lipinski definition) is 0. The Morgan fingerprint density at radius 3 is 1.94 bits per heavy atom. The summed E-state index contributed by atoms with van der Waals surface area (Å²) in [6.07, 6.45) is 0. The molecule has 54 heavy (non-hydrogen) atoms. The lowest BCUT2D eigenvalue weighted by molar-refractivity contribution is 0.654. The van der Waals surface area contributed by atoms with Gasteiger partial charge in [-0.3, -0.25) is 0 Å². The largest absolute Gasteiger partial charge is 0.455 e. The summed E-state index contributed by atoms with van der Waals surface area (Å²) in [4.78, 5) is 2.39. The van der Waals surface area contributed by atoms with Gasteiger partial charge in [-0.1, -0.05) is 135 Å². The Labute approximate surface area is 311 Å². The van der Waals surface area contributed by atoms with Crippen LogP contribution in [0.15, 0.2) is 173 Å². The first-order chi connectivity index (χ1) is 26.5. The molecule has 9 aromatic carbocycles. The molecule has 0 N–H and O–H groups in total. The van der Waals surface area contributed by atoms with Crippen molar-refractivity contribution in [3.63, 3.8) is 0 Å². The Morgan fingerprint density at radius 1 is 0.444 bits per heavy atom. The van der Waals surface area contributed by atoms with Gasteiger partial charge < -0.3 is 13.7 Å². The fraction of sp³-hybridized carbons (Fsp3) is 0.0588. The van der Waals surface area contributed by atoms with Crippen LogP contribution in [0.4, 0.5) is 17.1 Å². The second-order valence-corrected chi connectivity index (χ2v) is 15.2. The van der Waals surface area contributed by atoms with Crippen LogP contribution in [0.5, 0.6) is 0 Å². The highest BCUT2D eigenvalue weighted by Gasteiger charge is 2.38. The van der Waals surface area contributed by atoms with Crippen molar-refractivity contribution < 1.29 is 8.83 Å². The van der Waals surface area contributed by atoms with Gasteiger partial charge in [-0.15, -0.1) is 0 Å². The van der Waals surface area contributed by atoms with Crippen LogP contribution in [0.1, 0.15) is 25.0 Å². The van der Waals surface area contributed by atoms with Crippen molar-refractivity contribution in [2.75, 3.05) is 4.90 Å². The smallest absolute Gasteiger partial charge is 0.159 e. The van der Waals surface area contributed by atoms with E-state index in [1.165, 1.54) is 33.0 Å². The van der Waals surface area contributed by atoms with Crippen molar-refractivity contribution in [2.24, 2.45) is 0 Å². The molecule has 3 nitrogen and oxygen atoms in total. The molecular formula is C51H33NO2. The van der Waals surface area contributed by atoms with Gasteiger partial charge >= 0.3 is 0 Å². The predicted molar refractivity (Wildman–Crippen MR) is 226 cm³/mol. The normalized spacial score (nSPS) is 13.5. The van der Waals surface area contributed by atoms with E-state index in [0.717, 1.165) is 82.5 Å². The van der Waals surface area contributed by atoms with Crippen molar-refractivity contribution in [3.8, 4) is 11.1 Å². The van der Waals surface area contributed by atoms with Gasteiger partial charge in [0.05, 0.1) is 16.8 Å². The van der Waals surface area contributed by atoms with E-state index in [4.69, 9.17) is 8.83 Å². The van der Waals surface area contributed by atoms with Crippen LogP contribution in [0.2, 0.25) is 0 Å². The predicted octanol–water partition coefficient (Wildman–Crippen LogP) is 14.7. The zero-order chi connectivity index (χ0) is 35.7. The number of nitrogens with zero attached hydrogens (tertiary/aromatic N) is 1. The van der Waals surface area contributed by atoms with Crippen LogP contribution in [0.3, 0.4) is 0 Å². The summed E-state index contributed by atoms with van der Waals surface area (Å²) in [5.41, 5.74) is 11.6. The van der Waals surface area contributed by atoms with Gasteiger partial charge in [0, 0.05) is 43.6 Å². The van der Waals surface area contributed by atoms with Crippen molar-refractivity contribution >= 4 is 93.3 Å². The lowest BCUT2D eigenvalue weighted by Gasteiger charge is -2.27. The molecular weight excluding hydrogens is 659 g/mol. The number of hydrogen-bond acceptors (Lipinski definition) is 3. The zero-order valence-corrected chi connectivity index (χ0v) is 29.9. The van der Waals surface area contributed by atoms with E-state index < -0.39 is 0 Å². The topological polar surface area (TPSA) is 29.5 Å². The molecule has 0 unspecified atom stereocenters. The molecule has 3 heteroatoms. The number of benzene rings is 9. The lowest BCUT2D eigenvalue weighted by atomic mass is 9.82. The standard InChI is InChI=1S/C51H33NO2/c1-51(2)41-26-25-39-46-44(53-50(39)45(41)40-27-31-14-6-7-15-32(31)28-42(40)51)29-33-16-9-10-19-35(33)47(46)52(34-17-4-3-5-18-34)43-22-12-21-37-38-24-23-30-13-8-11-20-36(30)48(38)54-49(37)43/h3-29H,1-2H3. The number of furan rings is 2. The van der Waals surface area contributed by atoms with E-state index in [-0.39, 0.29) is 5.41 Å². The highest BCUT2D eigenvalue weighted by Crippen LogP contribution is 2.56. The zero-order valence-electron chi connectivity index (χ0n) is 29.9. The fourth-order valence-corrected chi connectivity index (χ4v) is 9.42. The summed E-state index contributed by atoms with van der Waals surface area (Å²) in [6, 6.07) is 59.0. The van der Waals surface area contributed by atoms with Gasteiger partial charge in [-0.2, -0.15) is 0 Å². The first-order valence-corrected chi connectivity index (χ1v) is 18.7. The number of rotatable bonds is 3. The SMILES string of the molecule is CC1(C)c2cc3ccccc3cc2-c2c1ccc1c2oc2cc3ccccc3c(N(c3ccccc3)c3cccc4c3oc3c5ccccc5ccc43)c21. The van der Waals surface area contributed by atoms with Crippen molar-refractivity contribution in [2.45, 2.75) is 19.3 Å². The third-order valence-electron chi connectivity index (χ3n) is 12.0. The molecule has 0 atom stereocenters. The molecule has 11 aromatic rings. The average Bonchev–Trinajstić information content (AvgIpc) is 3.85. The molecule has 0 saturated heterocycles. The number of fused-ring (bicyclic) bond motifs is 14. The molecule has 1 aliphatic carbocycles. The van der Waals surface area contributed by atoms with E-state index in [1.54, 1.807) is 0 Å². The molecule has 1 aliphatic rings. The van der Waals surface area contributed by atoms with Crippen molar-refractivity contribution in [1.82, 2.24) is 0 Å². The van der Waals surface area contributed by atoms with Crippen LogP contribution in [0, 0.1) is 0 Å². The maximum Gasteiger partial charge on any atom is 0.159 e. The highest BCUT2D eigenvalue weighted by molar-refractivity contribution is 6.25. The molecule has 12 rings (SSSR count). The Hall–Kier alpha value is -6.84. The summed E-state index contributed by atoms with van der Waals surface area (Å²) < 4.78 is 14.2. The minimum Gasteiger partial charge on any atom is -0.455 e. The molecule has 0 saturated carbocycles. The monoisotopic (exact) mass is 691 g/mol. The van der Waals surface area contributed by atoms with Crippen LogP contribution in [0.25, 0.3) is 87.3 Å².